The van der Waals surface area contributed by atoms with Gasteiger partial charge in [0.2, 0.25) is 0 Å². The monoisotopic (exact) mass is 264 g/mol. The number of thiophene rings is 1. The van der Waals surface area contributed by atoms with E-state index in [0.717, 1.165) is 13.0 Å². The minimum Gasteiger partial charge on any atom is -0.197 e. The van der Waals surface area contributed by atoms with Crippen molar-refractivity contribution in [3.8, 4) is 11.1 Å². The van der Waals surface area contributed by atoms with Crippen molar-refractivity contribution in [1.29, 1.82) is 0 Å². The van der Waals surface area contributed by atoms with Crippen LogP contribution in [0.3, 0.4) is 0 Å². The van der Waals surface area contributed by atoms with E-state index in [-0.39, 0.29) is 0 Å². The van der Waals surface area contributed by atoms with Crippen LogP contribution in [0.2, 0.25) is 0 Å². The maximum absolute atomic E-state index is 2.38. The lowest BCUT2D eigenvalue weighted by Gasteiger charge is -2.16. The number of hydrogen-bond acceptors (Lipinski definition) is 1. The molecule has 19 heavy (non-hydrogen) atoms. The van der Waals surface area contributed by atoms with Gasteiger partial charge in [-0.05, 0) is 34.0 Å². The average Bonchev–Trinajstić information content (AvgIpc) is 2.98. The molecule has 3 heterocycles. The summed E-state index contributed by atoms with van der Waals surface area (Å²) in [6.45, 7) is 0.990. The lowest BCUT2D eigenvalue weighted by Crippen LogP contribution is -2.42. The van der Waals surface area contributed by atoms with Crippen LogP contribution >= 0.6 is 11.3 Å². The van der Waals surface area contributed by atoms with Gasteiger partial charge in [0, 0.05) is 11.6 Å². The SMILES string of the molecule is c1ccc2c(c1)Cc1c(-c3ccsc3)ccc[n+]1C2. The lowest BCUT2D eigenvalue weighted by molar-refractivity contribution is -0.697. The first-order valence-corrected chi connectivity index (χ1v) is 7.47. The zero-order valence-electron chi connectivity index (χ0n) is 10.5. The van der Waals surface area contributed by atoms with Crippen LogP contribution in [0.15, 0.2) is 59.4 Å². The van der Waals surface area contributed by atoms with Gasteiger partial charge >= 0.3 is 0 Å². The van der Waals surface area contributed by atoms with Crippen LogP contribution < -0.4 is 4.57 Å². The quantitative estimate of drug-likeness (QED) is 0.462. The lowest BCUT2D eigenvalue weighted by atomic mass is 9.94. The predicted molar refractivity (Wildman–Crippen MR) is 78.3 cm³/mol. The first kappa shape index (κ1) is 10.9. The Morgan fingerprint density at radius 1 is 0.947 bits per heavy atom. The molecule has 4 rings (SSSR count). The summed E-state index contributed by atoms with van der Waals surface area (Å²) in [6.07, 6.45) is 3.23. The second-order valence-corrected chi connectivity index (χ2v) is 5.73. The van der Waals surface area contributed by atoms with Gasteiger partial charge < -0.3 is 0 Å². The molecule has 0 bridgehead atoms. The molecule has 1 aromatic carbocycles. The molecule has 92 valence electrons. The van der Waals surface area contributed by atoms with Gasteiger partial charge in [0.1, 0.15) is 0 Å². The number of hydrogen-bond donors (Lipinski definition) is 0. The molecule has 0 saturated carbocycles. The molecule has 1 aliphatic heterocycles. The Labute approximate surface area is 116 Å². The summed E-state index contributed by atoms with van der Waals surface area (Å²) >= 11 is 1.76. The average molecular weight is 264 g/mol. The normalized spacial score (nSPS) is 12.8. The largest absolute Gasteiger partial charge is 0.197 e. The summed E-state index contributed by atoms with van der Waals surface area (Å²) in [6, 6.07) is 15.4. The number of fused-ring (bicyclic) bond motifs is 2. The fourth-order valence-electron chi connectivity index (χ4n) is 2.86. The van der Waals surface area contributed by atoms with Crippen molar-refractivity contribution < 1.29 is 4.57 Å². The Bertz CT molecular complexity index is 729. The molecule has 0 atom stereocenters. The van der Waals surface area contributed by atoms with Gasteiger partial charge in [0.25, 0.3) is 0 Å². The second-order valence-electron chi connectivity index (χ2n) is 4.95. The Balaban J connectivity index is 1.88. The maximum Gasteiger partial charge on any atom is 0.193 e. The second kappa shape index (κ2) is 4.32. The number of aromatic nitrogens is 1. The maximum atomic E-state index is 2.38. The van der Waals surface area contributed by atoms with Gasteiger partial charge in [-0.1, -0.05) is 24.3 Å². The summed E-state index contributed by atoms with van der Waals surface area (Å²) in [7, 11) is 0. The van der Waals surface area contributed by atoms with Crippen molar-refractivity contribution in [2.24, 2.45) is 0 Å². The zero-order valence-corrected chi connectivity index (χ0v) is 11.4. The predicted octanol–water partition coefficient (Wildman–Crippen LogP) is 3.66. The summed E-state index contributed by atoms with van der Waals surface area (Å²) in [5, 5.41) is 4.38. The van der Waals surface area contributed by atoms with Crippen LogP contribution in [0.5, 0.6) is 0 Å². The number of pyridine rings is 1. The number of nitrogens with zero attached hydrogens (tertiary/aromatic N) is 1. The van der Waals surface area contributed by atoms with E-state index < -0.39 is 0 Å². The highest BCUT2D eigenvalue weighted by molar-refractivity contribution is 7.08. The molecule has 0 amide bonds. The van der Waals surface area contributed by atoms with Gasteiger partial charge in [-0.3, -0.25) is 0 Å². The molecule has 0 aliphatic carbocycles. The van der Waals surface area contributed by atoms with Gasteiger partial charge in [0.05, 0.1) is 12.0 Å². The molecule has 0 N–H and O–H groups in total. The van der Waals surface area contributed by atoms with E-state index in [4.69, 9.17) is 0 Å². The summed E-state index contributed by atoms with van der Waals surface area (Å²) < 4.78 is 2.38. The molecule has 1 aliphatic rings. The summed E-state index contributed by atoms with van der Waals surface area (Å²) in [4.78, 5) is 0. The highest BCUT2D eigenvalue weighted by atomic mass is 32.1. The van der Waals surface area contributed by atoms with E-state index >= 15 is 0 Å². The van der Waals surface area contributed by atoms with Crippen LogP contribution in [-0.4, -0.2) is 0 Å². The van der Waals surface area contributed by atoms with Gasteiger partial charge in [-0.25, -0.2) is 0 Å². The highest BCUT2D eigenvalue weighted by Crippen LogP contribution is 2.28. The van der Waals surface area contributed by atoms with Gasteiger partial charge in [-0.2, -0.15) is 15.9 Å². The third-order valence-electron chi connectivity index (χ3n) is 3.84. The molecular formula is C17H14NS+. The zero-order chi connectivity index (χ0) is 12.7. The molecular weight excluding hydrogens is 250 g/mol. The molecule has 1 nitrogen and oxygen atoms in total. The van der Waals surface area contributed by atoms with Crippen molar-refractivity contribution in [3.63, 3.8) is 0 Å². The first-order chi connectivity index (χ1) is 9.42. The van der Waals surface area contributed by atoms with Crippen molar-refractivity contribution >= 4 is 11.3 Å². The smallest absolute Gasteiger partial charge is 0.193 e. The number of benzene rings is 1. The van der Waals surface area contributed by atoms with Crippen LogP contribution in [0.1, 0.15) is 16.8 Å². The minimum atomic E-state index is 0.990. The van der Waals surface area contributed by atoms with Crippen molar-refractivity contribution in [3.05, 3.63) is 76.2 Å². The summed E-state index contributed by atoms with van der Waals surface area (Å²) in [5.41, 5.74) is 7.05. The molecule has 0 spiro atoms. The van der Waals surface area contributed by atoms with E-state index in [1.54, 1.807) is 11.3 Å². The van der Waals surface area contributed by atoms with Crippen LogP contribution in [0, 0.1) is 0 Å². The molecule has 2 heteroatoms. The molecule has 0 radical (unpaired) electrons. The molecule has 2 aromatic heterocycles. The summed E-state index contributed by atoms with van der Waals surface area (Å²) in [5.74, 6) is 0. The molecule has 3 aromatic rings. The van der Waals surface area contributed by atoms with E-state index in [1.807, 2.05) is 0 Å². The van der Waals surface area contributed by atoms with E-state index in [1.165, 1.54) is 27.9 Å². The molecule has 0 fully saturated rings. The van der Waals surface area contributed by atoms with Crippen LogP contribution in [0.4, 0.5) is 0 Å². The number of rotatable bonds is 1. The van der Waals surface area contributed by atoms with Crippen LogP contribution in [0.25, 0.3) is 11.1 Å². The Kier molecular flexibility index (Phi) is 2.49. The fraction of sp³-hybridized carbons (Fsp3) is 0.118. The third kappa shape index (κ3) is 1.80. The topological polar surface area (TPSA) is 3.88 Å². The Hall–Kier alpha value is -1.93. The van der Waals surface area contributed by atoms with Gasteiger partial charge in [0.15, 0.2) is 18.4 Å². The van der Waals surface area contributed by atoms with E-state index in [0.29, 0.717) is 0 Å². The van der Waals surface area contributed by atoms with Crippen molar-refractivity contribution in [1.82, 2.24) is 0 Å². The van der Waals surface area contributed by atoms with Crippen molar-refractivity contribution in [2.45, 2.75) is 13.0 Å². The third-order valence-corrected chi connectivity index (χ3v) is 4.52. The van der Waals surface area contributed by atoms with Crippen LogP contribution in [-0.2, 0) is 13.0 Å². The minimum absolute atomic E-state index is 0.990. The van der Waals surface area contributed by atoms with E-state index in [2.05, 4.69) is 64.0 Å². The standard InChI is InChI=1S/C17H14NS/c1-2-5-14-11-18-8-3-6-16(15-7-9-19-12-15)17(18)10-13(14)4-1/h1-9,12H,10-11H2/q+1. The van der Waals surface area contributed by atoms with Crippen molar-refractivity contribution in [2.75, 3.05) is 0 Å². The fourth-order valence-corrected chi connectivity index (χ4v) is 3.51. The molecule has 0 saturated heterocycles. The first-order valence-electron chi connectivity index (χ1n) is 6.52. The Morgan fingerprint density at radius 2 is 1.84 bits per heavy atom. The highest BCUT2D eigenvalue weighted by Gasteiger charge is 2.24. The Morgan fingerprint density at radius 3 is 2.68 bits per heavy atom. The van der Waals surface area contributed by atoms with Gasteiger partial charge in [-0.15, -0.1) is 0 Å². The molecule has 0 unspecified atom stereocenters. The van der Waals surface area contributed by atoms with E-state index in [9.17, 15) is 0 Å².